The molecule has 1 atom stereocenters. The highest BCUT2D eigenvalue weighted by molar-refractivity contribution is 4.58. The van der Waals surface area contributed by atoms with E-state index in [1.54, 1.807) is 0 Å². The number of hydrogen-bond donors (Lipinski definition) is 1. The van der Waals surface area contributed by atoms with Gasteiger partial charge in [0.05, 0.1) is 0 Å². The molecule has 1 N–H and O–H groups in total. The quantitative estimate of drug-likeness (QED) is 0.580. The number of rotatable bonds is 7. The zero-order valence-electron chi connectivity index (χ0n) is 9.19. The molecule has 0 fully saturated rings. The van der Waals surface area contributed by atoms with Crippen LogP contribution in [-0.2, 0) is 0 Å². The molecule has 0 saturated heterocycles. The first kappa shape index (κ1) is 12.0. The summed E-state index contributed by atoms with van der Waals surface area (Å²) >= 11 is 0. The van der Waals surface area contributed by atoms with Gasteiger partial charge in [-0.1, -0.05) is 34.1 Å². The van der Waals surface area contributed by atoms with Crippen LogP contribution in [-0.4, -0.2) is 13.1 Å². The molecule has 0 aromatic rings. The van der Waals surface area contributed by atoms with Crippen LogP contribution < -0.4 is 5.32 Å². The highest BCUT2D eigenvalue weighted by Gasteiger charge is 2.02. The molecule has 0 bridgehead atoms. The van der Waals surface area contributed by atoms with Gasteiger partial charge in [0.2, 0.25) is 0 Å². The molecule has 0 saturated carbocycles. The molecule has 0 aliphatic carbocycles. The summed E-state index contributed by atoms with van der Waals surface area (Å²) in [6, 6.07) is 0. The Labute approximate surface area is 77.9 Å². The van der Waals surface area contributed by atoms with Crippen molar-refractivity contribution >= 4 is 0 Å². The Bertz CT molecular complexity index is 89.0. The van der Waals surface area contributed by atoms with E-state index in [1.165, 1.54) is 32.4 Å². The van der Waals surface area contributed by atoms with Crippen LogP contribution in [0.25, 0.3) is 0 Å². The molecule has 0 heterocycles. The van der Waals surface area contributed by atoms with Gasteiger partial charge in [-0.15, -0.1) is 0 Å². The molecule has 0 aliphatic rings. The number of hydrogen-bond acceptors (Lipinski definition) is 1. The summed E-state index contributed by atoms with van der Waals surface area (Å²) in [4.78, 5) is 0. The summed E-state index contributed by atoms with van der Waals surface area (Å²) in [7, 11) is 0. The van der Waals surface area contributed by atoms with Crippen molar-refractivity contribution in [3.05, 3.63) is 0 Å². The van der Waals surface area contributed by atoms with E-state index < -0.39 is 0 Å². The minimum Gasteiger partial charge on any atom is -0.316 e. The monoisotopic (exact) mass is 171 g/mol. The van der Waals surface area contributed by atoms with Gasteiger partial charge in [-0.25, -0.2) is 0 Å². The van der Waals surface area contributed by atoms with Crippen LogP contribution in [0.4, 0.5) is 0 Å². The maximum atomic E-state index is 3.46. The summed E-state index contributed by atoms with van der Waals surface area (Å²) in [5, 5.41) is 3.46. The largest absolute Gasteiger partial charge is 0.316 e. The molecule has 0 amide bonds. The Kier molecular flexibility index (Phi) is 7.58. The molecular formula is C11H25N. The van der Waals surface area contributed by atoms with Crippen molar-refractivity contribution < 1.29 is 0 Å². The van der Waals surface area contributed by atoms with Crippen LogP contribution in [0.3, 0.4) is 0 Å². The summed E-state index contributed by atoms with van der Waals surface area (Å²) < 4.78 is 0. The summed E-state index contributed by atoms with van der Waals surface area (Å²) in [6.07, 6.45) is 3.99. The zero-order chi connectivity index (χ0) is 9.40. The fourth-order valence-electron chi connectivity index (χ4n) is 1.25. The summed E-state index contributed by atoms with van der Waals surface area (Å²) in [6.45, 7) is 11.5. The van der Waals surface area contributed by atoms with Crippen molar-refractivity contribution in [3.63, 3.8) is 0 Å². The molecule has 0 aromatic carbocycles. The predicted octanol–water partition coefficient (Wildman–Crippen LogP) is 3.06. The van der Waals surface area contributed by atoms with Crippen LogP contribution in [0, 0.1) is 11.8 Å². The molecule has 0 aliphatic heterocycles. The Morgan fingerprint density at radius 1 is 1.08 bits per heavy atom. The molecule has 1 heteroatoms. The minimum atomic E-state index is 0.846. The molecule has 0 spiro atoms. The molecule has 0 aromatic heterocycles. The molecule has 1 nitrogen and oxygen atoms in total. The zero-order valence-corrected chi connectivity index (χ0v) is 9.19. The normalized spacial score (nSPS) is 13.8. The van der Waals surface area contributed by atoms with Gasteiger partial charge in [0, 0.05) is 0 Å². The molecule has 1 unspecified atom stereocenters. The lowest BCUT2D eigenvalue weighted by molar-refractivity contribution is 0.426. The third-order valence-corrected chi connectivity index (χ3v) is 2.16. The van der Waals surface area contributed by atoms with Crippen molar-refractivity contribution in [1.29, 1.82) is 0 Å². The van der Waals surface area contributed by atoms with Crippen molar-refractivity contribution in [2.24, 2.45) is 11.8 Å². The fraction of sp³-hybridized carbons (Fsp3) is 1.00. The third kappa shape index (κ3) is 8.06. The van der Waals surface area contributed by atoms with Crippen LogP contribution in [0.5, 0.6) is 0 Å². The average molecular weight is 171 g/mol. The first-order valence-corrected chi connectivity index (χ1v) is 5.37. The maximum Gasteiger partial charge on any atom is -0.00232 e. The molecule has 12 heavy (non-hydrogen) atoms. The lowest BCUT2D eigenvalue weighted by Crippen LogP contribution is -2.22. The Hall–Kier alpha value is -0.0400. The Morgan fingerprint density at radius 3 is 2.25 bits per heavy atom. The van der Waals surface area contributed by atoms with Crippen molar-refractivity contribution in [2.45, 2.75) is 47.0 Å². The fourth-order valence-corrected chi connectivity index (χ4v) is 1.25. The van der Waals surface area contributed by atoms with Gasteiger partial charge < -0.3 is 5.32 Å². The lowest BCUT2D eigenvalue weighted by atomic mass is 9.99. The van der Waals surface area contributed by atoms with E-state index in [0.29, 0.717) is 0 Å². The second-order valence-corrected chi connectivity index (χ2v) is 4.28. The third-order valence-electron chi connectivity index (χ3n) is 2.16. The first-order valence-electron chi connectivity index (χ1n) is 5.37. The Morgan fingerprint density at radius 2 is 1.75 bits per heavy atom. The van der Waals surface area contributed by atoms with Crippen molar-refractivity contribution in [3.8, 4) is 0 Å². The van der Waals surface area contributed by atoms with E-state index in [1.807, 2.05) is 0 Å². The minimum absolute atomic E-state index is 0.846. The van der Waals surface area contributed by atoms with E-state index in [4.69, 9.17) is 0 Å². The van der Waals surface area contributed by atoms with E-state index >= 15 is 0 Å². The van der Waals surface area contributed by atoms with Gasteiger partial charge in [0.15, 0.2) is 0 Å². The number of nitrogens with one attached hydrogen (secondary N) is 1. The van der Waals surface area contributed by atoms with E-state index in [2.05, 4.69) is 33.0 Å². The van der Waals surface area contributed by atoms with Gasteiger partial charge in [-0.3, -0.25) is 0 Å². The van der Waals surface area contributed by atoms with Gasteiger partial charge >= 0.3 is 0 Å². The molecule has 74 valence electrons. The van der Waals surface area contributed by atoms with Crippen LogP contribution >= 0.6 is 0 Å². The van der Waals surface area contributed by atoms with Gasteiger partial charge in [-0.2, -0.15) is 0 Å². The SMILES string of the molecule is CCCNCC(C)CCC(C)C. The predicted molar refractivity (Wildman–Crippen MR) is 56.4 cm³/mol. The van der Waals surface area contributed by atoms with E-state index in [0.717, 1.165) is 11.8 Å². The summed E-state index contributed by atoms with van der Waals surface area (Å²) in [5.74, 6) is 1.71. The van der Waals surface area contributed by atoms with E-state index in [-0.39, 0.29) is 0 Å². The second-order valence-electron chi connectivity index (χ2n) is 4.28. The van der Waals surface area contributed by atoms with Gasteiger partial charge in [0.1, 0.15) is 0 Å². The van der Waals surface area contributed by atoms with Crippen molar-refractivity contribution in [2.75, 3.05) is 13.1 Å². The molecule has 0 radical (unpaired) electrons. The molecule has 0 rings (SSSR count). The summed E-state index contributed by atoms with van der Waals surface area (Å²) in [5.41, 5.74) is 0. The van der Waals surface area contributed by atoms with Crippen molar-refractivity contribution in [1.82, 2.24) is 5.32 Å². The van der Waals surface area contributed by atoms with Gasteiger partial charge in [-0.05, 0) is 37.8 Å². The standard InChI is InChI=1S/C11H25N/c1-5-8-12-9-11(4)7-6-10(2)3/h10-12H,5-9H2,1-4H3. The smallest absolute Gasteiger partial charge is 0.00232 e. The van der Waals surface area contributed by atoms with Crippen LogP contribution in [0.15, 0.2) is 0 Å². The topological polar surface area (TPSA) is 12.0 Å². The average Bonchev–Trinajstić information content (AvgIpc) is 2.01. The highest BCUT2D eigenvalue weighted by Crippen LogP contribution is 2.10. The van der Waals surface area contributed by atoms with Crippen LogP contribution in [0.2, 0.25) is 0 Å². The maximum absolute atomic E-state index is 3.46. The van der Waals surface area contributed by atoms with Crippen LogP contribution in [0.1, 0.15) is 47.0 Å². The lowest BCUT2D eigenvalue weighted by Gasteiger charge is -2.13. The first-order chi connectivity index (χ1) is 5.66. The Balaban J connectivity index is 3.15. The second kappa shape index (κ2) is 7.60. The molecular weight excluding hydrogens is 146 g/mol. The van der Waals surface area contributed by atoms with E-state index in [9.17, 15) is 0 Å². The highest BCUT2D eigenvalue weighted by atomic mass is 14.8. The van der Waals surface area contributed by atoms with Gasteiger partial charge in [0.25, 0.3) is 0 Å².